The van der Waals surface area contributed by atoms with Crippen molar-refractivity contribution < 1.29 is 19.3 Å². The highest BCUT2D eigenvalue weighted by molar-refractivity contribution is 6.13. The molecule has 1 fully saturated rings. The van der Waals surface area contributed by atoms with Crippen molar-refractivity contribution in [3.63, 3.8) is 0 Å². The maximum Gasteiger partial charge on any atom is 0.269 e. The van der Waals surface area contributed by atoms with Gasteiger partial charge in [-0.3, -0.25) is 24.5 Å². The number of non-ortho nitro benzene ring substituents is 1. The number of nitro benzene ring substituents is 1. The molecule has 110 valence electrons. The standard InChI is InChI=1S/C15H15NO5/c1-15(13(18)3-2-4-14(15)19)9-12(17)10-5-7-11(8-6-10)16(20)21/h5-8H,2-4,9H2,1H3. The second-order valence-electron chi connectivity index (χ2n) is 5.44. The molecular formula is C15H15NO5. The van der Waals surface area contributed by atoms with Gasteiger partial charge in [-0.05, 0) is 25.5 Å². The molecule has 0 aliphatic heterocycles. The van der Waals surface area contributed by atoms with Crippen molar-refractivity contribution in [1.29, 1.82) is 0 Å². The van der Waals surface area contributed by atoms with E-state index in [-0.39, 0.29) is 35.0 Å². The number of nitro groups is 1. The van der Waals surface area contributed by atoms with Gasteiger partial charge in [0.1, 0.15) is 11.6 Å². The van der Waals surface area contributed by atoms with Crippen molar-refractivity contribution in [2.45, 2.75) is 32.6 Å². The molecule has 0 unspecified atom stereocenters. The zero-order valence-corrected chi connectivity index (χ0v) is 11.6. The van der Waals surface area contributed by atoms with Gasteiger partial charge in [0, 0.05) is 37.0 Å². The Hall–Kier alpha value is -2.37. The minimum atomic E-state index is -1.25. The largest absolute Gasteiger partial charge is 0.299 e. The molecule has 0 atom stereocenters. The molecule has 1 aromatic carbocycles. The van der Waals surface area contributed by atoms with Crippen molar-refractivity contribution in [2.24, 2.45) is 5.41 Å². The van der Waals surface area contributed by atoms with E-state index in [0.717, 1.165) is 0 Å². The Morgan fingerprint density at radius 1 is 1.19 bits per heavy atom. The molecule has 1 saturated carbocycles. The molecule has 2 rings (SSSR count). The third kappa shape index (κ3) is 2.89. The van der Waals surface area contributed by atoms with Crippen LogP contribution in [0.15, 0.2) is 24.3 Å². The summed E-state index contributed by atoms with van der Waals surface area (Å²) in [5, 5.41) is 10.6. The van der Waals surface area contributed by atoms with Crippen LogP contribution < -0.4 is 0 Å². The first-order chi connectivity index (χ1) is 9.84. The second kappa shape index (κ2) is 5.55. The van der Waals surface area contributed by atoms with Crippen LogP contribution in [0.2, 0.25) is 0 Å². The van der Waals surface area contributed by atoms with E-state index in [9.17, 15) is 24.5 Å². The highest BCUT2D eigenvalue weighted by atomic mass is 16.6. The molecule has 1 aliphatic rings. The predicted molar refractivity (Wildman–Crippen MR) is 74.0 cm³/mol. The van der Waals surface area contributed by atoms with Crippen LogP contribution in [0, 0.1) is 15.5 Å². The fraction of sp³-hybridized carbons (Fsp3) is 0.400. The fourth-order valence-electron chi connectivity index (χ4n) is 2.51. The lowest BCUT2D eigenvalue weighted by molar-refractivity contribution is -0.384. The van der Waals surface area contributed by atoms with Crippen molar-refractivity contribution in [2.75, 3.05) is 0 Å². The molecule has 0 amide bonds. The Morgan fingerprint density at radius 3 is 2.19 bits per heavy atom. The minimum absolute atomic E-state index is 0.109. The Kier molecular flexibility index (Phi) is 3.97. The van der Waals surface area contributed by atoms with Crippen LogP contribution in [0.5, 0.6) is 0 Å². The zero-order chi connectivity index (χ0) is 15.6. The van der Waals surface area contributed by atoms with Crippen LogP contribution in [0.25, 0.3) is 0 Å². The number of hydrogen-bond acceptors (Lipinski definition) is 5. The molecule has 0 bridgehead atoms. The Labute approximate surface area is 121 Å². The van der Waals surface area contributed by atoms with Gasteiger partial charge < -0.3 is 0 Å². The first-order valence-electron chi connectivity index (χ1n) is 6.69. The monoisotopic (exact) mass is 289 g/mol. The average Bonchev–Trinajstić information content (AvgIpc) is 2.45. The lowest BCUT2D eigenvalue weighted by Gasteiger charge is -2.29. The first kappa shape index (κ1) is 15.0. The van der Waals surface area contributed by atoms with E-state index in [2.05, 4.69) is 0 Å². The average molecular weight is 289 g/mol. The molecule has 0 saturated heterocycles. The van der Waals surface area contributed by atoms with E-state index in [1.54, 1.807) is 0 Å². The molecule has 0 spiro atoms. The first-order valence-corrected chi connectivity index (χ1v) is 6.69. The van der Waals surface area contributed by atoms with Crippen molar-refractivity contribution in [1.82, 2.24) is 0 Å². The van der Waals surface area contributed by atoms with Gasteiger partial charge in [-0.2, -0.15) is 0 Å². The number of nitrogens with zero attached hydrogens (tertiary/aromatic N) is 1. The van der Waals surface area contributed by atoms with Crippen LogP contribution in [-0.4, -0.2) is 22.3 Å². The SMILES string of the molecule is CC1(CC(=O)c2ccc([N+](=O)[O-])cc2)C(=O)CCCC1=O. The van der Waals surface area contributed by atoms with Gasteiger partial charge in [0.25, 0.3) is 5.69 Å². The normalized spacial score (nSPS) is 17.6. The summed E-state index contributed by atoms with van der Waals surface area (Å²) in [5.41, 5.74) is -1.09. The number of carbonyl (C=O) groups is 3. The van der Waals surface area contributed by atoms with E-state index >= 15 is 0 Å². The highest BCUT2D eigenvalue weighted by Gasteiger charge is 2.44. The van der Waals surface area contributed by atoms with Gasteiger partial charge >= 0.3 is 0 Å². The van der Waals surface area contributed by atoms with Crippen molar-refractivity contribution in [3.8, 4) is 0 Å². The van der Waals surface area contributed by atoms with E-state index in [1.807, 2.05) is 0 Å². The van der Waals surface area contributed by atoms with Gasteiger partial charge in [0.05, 0.1) is 10.3 Å². The number of hydrogen-bond donors (Lipinski definition) is 0. The second-order valence-corrected chi connectivity index (χ2v) is 5.44. The molecule has 0 heterocycles. The lowest BCUT2D eigenvalue weighted by Crippen LogP contribution is -2.41. The molecule has 0 aromatic heterocycles. The highest BCUT2D eigenvalue weighted by Crippen LogP contribution is 2.34. The van der Waals surface area contributed by atoms with Crippen molar-refractivity contribution >= 4 is 23.0 Å². The van der Waals surface area contributed by atoms with Crippen LogP contribution in [-0.2, 0) is 9.59 Å². The Bertz CT molecular complexity index is 601. The number of rotatable bonds is 4. The van der Waals surface area contributed by atoms with E-state index in [0.29, 0.717) is 19.3 Å². The number of carbonyl (C=O) groups excluding carboxylic acids is 3. The van der Waals surface area contributed by atoms with E-state index in [1.165, 1.54) is 31.2 Å². The van der Waals surface area contributed by atoms with Gasteiger partial charge in [-0.1, -0.05) is 0 Å². The maximum atomic E-state index is 12.2. The van der Waals surface area contributed by atoms with Gasteiger partial charge in [-0.15, -0.1) is 0 Å². The third-order valence-corrected chi connectivity index (χ3v) is 3.95. The Balaban J connectivity index is 2.18. The molecule has 6 nitrogen and oxygen atoms in total. The molecule has 21 heavy (non-hydrogen) atoms. The molecule has 1 aromatic rings. The van der Waals surface area contributed by atoms with Crippen LogP contribution >= 0.6 is 0 Å². The Morgan fingerprint density at radius 2 is 1.71 bits per heavy atom. The zero-order valence-electron chi connectivity index (χ0n) is 11.6. The number of Topliss-reactive ketones (excluding diaryl/α,β-unsaturated/α-hetero) is 3. The summed E-state index contributed by atoms with van der Waals surface area (Å²) in [6.07, 6.45) is 0.993. The quantitative estimate of drug-likeness (QED) is 0.367. The van der Waals surface area contributed by atoms with Gasteiger partial charge in [0.15, 0.2) is 5.78 Å². The maximum absolute atomic E-state index is 12.2. The summed E-state index contributed by atoms with van der Waals surface area (Å²) in [5.74, 6) is -0.751. The lowest BCUT2D eigenvalue weighted by atomic mass is 9.70. The number of benzene rings is 1. The smallest absolute Gasteiger partial charge is 0.269 e. The summed E-state index contributed by atoms with van der Waals surface area (Å²) in [6, 6.07) is 5.17. The van der Waals surface area contributed by atoms with E-state index in [4.69, 9.17) is 0 Å². The summed E-state index contributed by atoms with van der Waals surface area (Å²) >= 11 is 0. The van der Waals surface area contributed by atoms with Crippen LogP contribution in [0.1, 0.15) is 43.0 Å². The predicted octanol–water partition coefficient (Wildman–Crippen LogP) is 2.50. The summed E-state index contributed by atoms with van der Waals surface area (Å²) in [6.45, 7) is 1.51. The fourth-order valence-corrected chi connectivity index (χ4v) is 2.51. The summed E-state index contributed by atoms with van der Waals surface area (Å²) < 4.78 is 0. The van der Waals surface area contributed by atoms with Crippen molar-refractivity contribution in [3.05, 3.63) is 39.9 Å². The molecule has 6 heteroatoms. The molecule has 0 radical (unpaired) electrons. The molecule has 0 N–H and O–H groups in total. The van der Waals surface area contributed by atoms with Gasteiger partial charge in [-0.25, -0.2) is 0 Å². The minimum Gasteiger partial charge on any atom is -0.299 e. The van der Waals surface area contributed by atoms with E-state index < -0.39 is 10.3 Å². The third-order valence-electron chi connectivity index (χ3n) is 3.95. The summed E-state index contributed by atoms with van der Waals surface area (Å²) in [7, 11) is 0. The van der Waals surface area contributed by atoms with Crippen LogP contribution in [0.4, 0.5) is 5.69 Å². The van der Waals surface area contributed by atoms with Gasteiger partial charge in [0.2, 0.25) is 0 Å². The summed E-state index contributed by atoms with van der Waals surface area (Å²) in [4.78, 5) is 46.2. The number of ketones is 3. The molecule has 1 aliphatic carbocycles. The molecular weight excluding hydrogens is 274 g/mol. The topological polar surface area (TPSA) is 94.3 Å². The van der Waals surface area contributed by atoms with Crippen LogP contribution in [0.3, 0.4) is 0 Å².